The molecule has 0 radical (unpaired) electrons. The summed E-state index contributed by atoms with van der Waals surface area (Å²) in [5, 5.41) is 25.5. The zero-order valence-electron chi connectivity index (χ0n) is 5.36. The summed E-state index contributed by atoms with van der Waals surface area (Å²) < 4.78 is 9.34. The second kappa shape index (κ2) is 2.85. The van der Waals surface area contributed by atoms with E-state index in [4.69, 9.17) is 15.3 Å². The Morgan fingerprint density at radius 3 is 1.90 bits per heavy atom. The van der Waals surface area contributed by atoms with E-state index in [0.29, 0.717) is 19.6 Å². The van der Waals surface area contributed by atoms with Gasteiger partial charge in [0.15, 0.2) is 0 Å². The van der Waals surface area contributed by atoms with Gasteiger partial charge in [-0.1, -0.05) is 0 Å². The first kappa shape index (κ1) is 7.97. The largest absolute Gasteiger partial charge is 0.558 e. The van der Waals surface area contributed by atoms with Crippen molar-refractivity contribution >= 4 is 7.12 Å². The molecule has 0 saturated carbocycles. The third-order valence-electron chi connectivity index (χ3n) is 1.14. The van der Waals surface area contributed by atoms with Gasteiger partial charge in [-0.3, -0.25) is 0 Å². The van der Waals surface area contributed by atoms with E-state index in [9.17, 15) is 0 Å². The van der Waals surface area contributed by atoms with Crippen molar-refractivity contribution < 1.29 is 24.6 Å². The third-order valence-corrected chi connectivity index (χ3v) is 1.14. The topological polar surface area (TPSA) is 79.2 Å². The van der Waals surface area contributed by atoms with Crippen molar-refractivity contribution in [2.75, 3.05) is 13.2 Å². The summed E-state index contributed by atoms with van der Waals surface area (Å²) in [6.07, 6.45) is 0.701. The highest BCUT2D eigenvalue weighted by Gasteiger charge is 2.43. The van der Waals surface area contributed by atoms with Gasteiger partial charge in [-0.2, -0.15) is 0 Å². The molecular formula is C4H9BO5. The minimum Gasteiger partial charge on any atom is -0.405 e. The van der Waals surface area contributed by atoms with Crippen LogP contribution in [0.5, 0.6) is 0 Å². The van der Waals surface area contributed by atoms with Crippen LogP contribution >= 0.6 is 0 Å². The van der Waals surface area contributed by atoms with Gasteiger partial charge in [0.25, 0.3) is 0 Å². The maximum atomic E-state index is 8.50. The fraction of sp³-hybridized carbons (Fsp3) is 1.00. The van der Waals surface area contributed by atoms with Crippen molar-refractivity contribution in [3.05, 3.63) is 0 Å². The summed E-state index contributed by atoms with van der Waals surface area (Å²) in [6.45, 7) is 0.738. The minimum atomic E-state index is -2.87. The van der Waals surface area contributed by atoms with Gasteiger partial charge in [0.1, 0.15) is 0 Å². The van der Waals surface area contributed by atoms with E-state index < -0.39 is 13.0 Å². The highest BCUT2D eigenvalue weighted by molar-refractivity contribution is 6.46. The van der Waals surface area contributed by atoms with Crippen molar-refractivity contribution in [2.24, 2.45) is 0 Å². The summed E-state index contributed by atoms with van der Waals surface area (Å²) in [5.41, 5.74) is 0. The summed E-state index contributed by atoms with van der Waals surface area (Å²) in [5.74, 6) is -2.87. The molecule has 3 N–H and O–H groups in total. The van der Waals surface area contributed by atoms with Crippen LogP contribution in [0.1, 0.15) is 6.42 Å². The van der Waals surface area contributed by atoms with Gasteiger partial charge in [-0.05, 0) is 6.42 Å². The van der Waals surface area contributed by atoms with Crippen LogP contribution in [0.2, 0.25) is 0 Å². The highest BCUT2D eigenvalue weighted by Crippen LogP contribution is 2.09. The number of rotatable bonds is 1. The molecule has 1 aliphatic heterocycles. The van der Waals surface area contributed by atoms with E-state index in [1.165, 1.54) is 0 Å². The van der Waals surface area contributed by atoms with Crippen LogP contribution in [0, 0.1) is 0 Å². The second-order valence-corrected chi connectivity index (χ2v) is 2.11. The molecular weight excluding hydrogens is 139 g/mol. The third kappa shape index (κ3) is 1.93. The predicted octanol–water partition coefficient (Wildman–Crippen LogP) is -1.92. The van der Waals surface area contributed by atoms with E-state index in [1.807, 2.05) is 0 Å². The monoisotopic (exact) mass is 148 g/mol. The van der Waals surface area contributed by atoms with Crippen molar-refractivity contribution in [3.63, 3.8) is 0 Å². The first-order valence-electron chi connectivity index (χ1n) is 3.01. The molecule has 1 aliphatic rings. The van der Waals surface area contributed by atoms with Gasteiger partial charge in [-0.25, -0.2) is 0 Å². The molecule has 0 aliphatic carbocycles. The standard InChI is InChI=1S/C4H9BO5/c6-4(7,8)5-9-2-1-3-10-5/h6-8H,1-3H2. The molecule has 0 aromatic carbocycles. The van der Waals surface area contributed by atoms with Gasteiger partial charge >= 0.3 is 13.0 Å². The Hall–Kier alpha value is -0.135. The number of aliphatic hydroxyl groups is 3. The maximum Gasteiger partial charge on any atom is 0.558 e. The first-order chi connectivity index (χ1) is 4.61. The second-order valence-electron chi connectivity index (χ2n) is 2.11. The average Bonchev–Trinajstić information content (AvgIpc) is 1.88. The molecule has 1 heterocycles. The lowest BCUT2D eigenvalue weighted by Gasteiger charge is -2.25. The molecule has 10 heavy (non-hydrogen) atoms. The quantitative estimate of drug-likeness (QED) is 0.298. The van der Waals surface area contributed by atoms with E-state index in [1.54, 1.807) is 0 Å². The van der Waals surface area contributed by atoms with Gasteiger partial charge < -0.3 is 24.6 Å². The molecule has 0 amide bonds. The minimum absolute atomic E-state index is 0.369. The molecule has 1 rings (SSSR count). The molecule has 1 saturated heterocycles. The van der Waals surface area contributed by atoms with Crippen LogP contribution < -0.4 is 0 Å². The molecule has 0 unspecified atom stereocenters. The maximum absolute atomic E-state index is 8.50. The van der Waals surface area contributed by atoms with Crippen LogP contribution in [0.4, 0.5) is 0 Å². The average molecular weight is 148 g/mol. The Morgan fingerprint density at radius 2 is 1.60 bits per heavy atom. The van der Waals surface area contributed by atoms with Crippen molar-refractivity contribution in [1.82, 2.24) is 0 Å². The molecule has 5 nitrogen and oxygen atoms in total. The molecule has 0 bridgehead atoms. The van der Waals surface area contributed by atoms with Crippen molar-refractivity contribution in [3.8, 4) is 0 Å². The molecule has 58 valence electrons. The molecule has 0 aromatic heterocycles. The van der Waals surface area contributed by atoms with Crippen molar-refractivity contribution in [1.29, 1.82) is 0 Å². The van der Waals surface area contributed by atoms with Crippen LogP contribution in [0.15, 0.2) is 0 Å². The zero-order valence-corrected chi connectivity index (χ0v) is 5.36. The molecule has 6 heteroatoms. The SMILES string of the molecule is OC(O)(O)B1OCCCO1. The van der Waals surface area contributed by atoms with Gasteiger partial charge in [0.05, 0.1) is 0 Å². The fourth-order valence-corrected chi connectivity index (χ4v) is 0.711. The summed E-state index contributed by atoms with van der Waals surface area (Å²) >= 11 is 0. The summed E-state index contributed by atoms with van der Waals surface area (Å²) in [6, 6.07) is 0. The molecule has 1 fully saturated rings. The Balaban J connectivity index is 2.39. The van der Waals surface area contributed by atoms with Crippen LogP contribution in [0.3, 0.4) is 0 Å². The normalized spacial score (nSPS) is 21.3. The van der Waals surface area contributed by atoms with Crippen LogP contribution in [-0.2, 0) is 9.31 Å². The Labute approximate surface area is 58.3 Å². The van der Waals surface area contributed by atoms with E-state index in [-0.39, 0.29) is 0 Å². The highest BCUT2D eigenvalue weighted by atomic mass is 16.7. The molecule has 0 spiro atoms. The van der Waals surface area contributed by atoms with Gasteiger partial charge in [-0.15, -0.1) is 0 Å². The Morgan fingerprint density at radius 1 is 1.10 bits per heavy atom. The van der Waals surface area contributed by atoms with Crippen LogP contribution in [0.25, 0.3) is 0 Å². The lowest BCUT2D eigenvalue weighted by Crippen LogP contribution is -2.52. The lowest BCUT2D eigenvalue weighted by molar-refractivity contribution is -0.269. The smallest absolute Gasteiger partial charge is 0.405 e. The molecule has 0 aromatic rings. The van der Waals surface area contributed by atoms with E-state index in [2.05, 4.69) is 9.31 Å². The Kier molecular flexibility index (Phi) is 2.27. The van der Waals surface area contributed by atoms with Crippen LogP contribution in [-0.4, -0.2) is 41.5 Å². The number of hydrogen-bond acceptors (Lipinski definition) is 5. The summed E-state index contributed by atoms with van der Waals surface area (Å²) in [7, 11) is -1.33. The number of hydrogen-bond donors (Lipinski definition) is 3. The molecule has 0 atom stereocenters. The fourth-order valence-electron chi connectivity index (χ4n) is 0.711. The predicted molar refractivity (Wildman–Crippen MR) is 31.7 cm³/mol. The Bertz CT molecular complexity index is 105. The first-order valence-corrected chi connectivity index (χ1v) is 3.01. The zero-order chi connectivity index (χ0) is 7.61. The lowest BCUT2D eigenvalue weighted by atomic mass is 9.84. The van der Waals surface area contributed by atoms with Gasteiger partial charge in [0, 0.05) is 13.2 Å². The summed E-state index contributed by atoms with van der Waals surface area (Å²) in [4.78, 5) is 0. The van der Waals surface area contributed by atoms with E-state index >= 15 is 0 Å². The van der Waals surface area contributed by atoms with Crippen molar-refractivity contribution in [2.45, 2.75) is 12.3 Å². The van der Waals surface area contributed by atoms with Gasteiger partial charge in [0.2, 0.25) is 0 Å². The van der Waals surface area contributed by atoms with E-state index in [0.717, 1.165) is 0 Å².